The van der Waals surface area contributed by atoms with Crippen molar-refractivity contribution in [1.82, 2.24) is 9.80 Å². The number of hydrogen-bond acceptors (Lipinski definition) is 6. The van der Waals surface area contributed by atoms with Gasteiger partial charge in [0.25, 0.3) is 5.91 Å². The van der Waals surface area contributed by atoms with Crippen molar-refractivity contribution in [1.29, 1.82) is 0 Å². The third-order valence-electron chi connectivity index (χ3n) is 5.78. The Bertz CT molecular complexity index is 1090. The maximum Gasteiger partial charge on any atom is 0.256 e. The van der Waals surface area contributed by atoms with Crippen LogP contribution in [0.15, 0.2) is 36.4 Å². The highest BCUT2D eigenvalue weighted by Gasteiger charge is 2.40. The molecule has 31 heavy (non-hydrogen) atoms. The SMILES string of the molecule is CSCC(=O)N1CCN2C(=O)c3cc(-c4ccc5c(c4)OCO5)ccc3NC(=O)[C@H]2C1. The third-order valence-corrected chi connectivity index (χ3v) is 6.31. The fourth-order valence-corrected chi connectivity index (χ4v) is 4.58. The molecule has 1 N–H and O–H groups in total. The van der Waals surface area contributed by atoms with Crippen LogP contribution in [0.5, 0.6) is 11.5 Å². The first kappa shape index (κ1) is 19.7. The maximum atomic E-state index is 13.4. The second-order valence-corrected chi connectivity index (χ2v) is 8.47. The molecule has 0 aliphatic carbocycles. The van der Waals surface area contributed by atoms with Gasteiger partial charge < -0.3 is 24.6 Å². The van der Waals surface area contributed by atoms with Crippen molar-refractivity contribution in [3.8, 4) is 22.6 Å². The normalized spacial score (nSPS) is 19.5. The fourth-order valence-electron chi connectivity index (χ4n) is 4.15. The van der Waals surface area contributed by atoms with Crippen LogP contribution < -0.4 is 14.8 Å². The molecule has 0 bridgehead atoms. The summed E-state index contributed by atoms with van der Waals surface area (Å²) in [6, 6.07) is 10.3. The minimum Gasteiger partial charge on any atom is -0.454 e. The summed E-state index contributed by atoms with van der Waals surface area (Å²) in [5, 5.41) is 2.87. The number of carbonyl (C=O) groups is 3. The Morgan fingerprint density at radius 1 is 1.10 bits per heavy atom. The number of anilines is 1. The summed E-state index contributed by atoms with van der Waals surface area (Å²) in [5.41, 5.74) is 2.65. The zero-order valence-corrected chi connectivity index (χ0v) is 17.7. The first-order valence-electron chi connectivity index (χ1n) is 9.98. The fraction of sp³-hybridized carbons (Fsp3) is 0.318. The van der Waals surface area contributed by atoms with Crippen molar-refractivity contribution in [2.45, 2.75) is 6.04 Å². The van der Waals surface area contributed by atoms with Gasteiger partial charge in [0.1, 0.15) is 6.04 Å². The number of thioether (sulfide) groups is 1. The average Bonchev–Trinajstić information content (AvgIpc) is 3.23. The highest BCUT2D eigenvalue weighted by molar-refractivity contribution is 7.99. The van der Waals surface area contributed by atoms with Gasteiger partial charge in [-0.15, -0.1) is 0 Å². The summed E-state index contributed by atoms with van der Waals surface area (Å²) in [7, 11) is 0. The standard InChI is InChI=1S/C22H21N3O5S/c1-31-11-20(26)24-6-7-25-17(10-24)21(27)23-16-4-2-13(8-15(16)22(25)28)14-3-5-18-19(9-14)30-12-29-18/h2-5,8-9,17H,6-7,10-12H2,1H3,(H,23,27)/t17-/m1/s1. The van der Waals surface area contributed by atoms with Crippen LogP contribution in [0.3, 0.4) is 0 Å². The largest absolute Gasteiger partial charge is 0.454 e. The molecule has 2 aromatic rings. The Morgan fingerprint density at radius 2 is 1.87 bits per heavy atom. The molecule has 160 valence electrons. The molecule has 3 aliphatic heterocycles. The van der Waals surface area contributed by atoms with Crippen LogP contribution in [0, 0.1) is 0 Å². The molecular weight excluding hydrogens is 418 g/mol. The third kappa shape index (κ3) is 3.48. The topological polar surface area (TPSA) is 88.2 Å². The maximum absolute atomic E-state index is 13.4. The zero-order chi connectivity index (χ0) is 21.5. The number of hydrogen-bond donors (Lipinski definition) is 1. The van der Waals surface area contributed by atoms with Crippen molar-refractivity contribution >= 4 is 35.2 Å². The number of carbonyl (C=O) groups excluding carboxylic acids is 3. The Balaban J connectivity index is 1.45. The predicted octanol–water partition coefficient (Wildman–Crippen LogP) is 2.05. The lowest BCUT2D eigenvalue weighted by atomic mass is 10.0. The molecule has 0 saturated carbocycles. The van der Waals surface area contributed by atoms with Gasteiger partial charge in [-0.25, -0.2) is 0 Å². The van der Waals surface area contributed by atoms with Crippen molar-refractivity contribution in [2.75, 3.05) is 43.8 Å². The van der Waals surface area contributed by atoms with Crippen LogP contribution in [0.25, 0.3) is 11.1 Å². The second kappa shape index (κ2) is 7.81. The first-order valence-corrected chi connectivity index (χ1v) is 11.4. The molecule has 1 atom stereocenters. The van der Waals surface area contributed by atoms with Gasteiger partial charge in [0, 0.05) is 13.1 Å². The second-order valence-electron chi connectivity index (χ2n) is 7.60. The summed E-state index contributed by atoms with van der Waals surface area (Å²) >= 11 is 1.45. The van der Waals surface area contributed by atoms with E-state index in [1.54, 1.807) is 21.9 Å². The van der Waals surface area contributed by atoms with E-state index in [0.29, 0.717) is 41.6 Å². The van der Waals surface area contributed by atoms with E-state index in [2.05, 4.69) is 5.32 Å². The van der Waals surface area contributed by atoms with Gasteiger partial charge in [-0.3, -0.25) is 14.4 Å². The van der Waals surface area contributed by atoms with Crippen molar-refractivity contribution in [3.63, 3.8) is 0 Å². The van der Waals surface area contributed by atoms with Gasteiger partial charge in [0.15, 0.2) is 11.5 Å². The summed E-state index contributed by atoms with van der Waals surface area (Å²) in [6.07, 6.45) is 1.87. The van der Waals surface area contributed by atoms with E-state index in [1.165, 1.54) is 11.8 Å². The van der Waals surface area contributed by atoms with E-state index < -0.39 is 6.04 Å². The molecule has 0 radical (unpaired) electrons. The van der Waals surface area contributed by atoms with Gasteiger partial charge in [-0.2, -0.15) is 11.8 Å². The molecule has 1 saturated heterocycles. The molecule has 3 amide bonds. The van der Waals surface area contributed by atoms with Crippen molar-refractivity contribution in [2.24, 2.45) is 0 Å². The molecule has 9 heteroatoms. The minimum atomic E-state index is -0.701. The molecule has 2 aromatic carbocycles. The monoisotopic (exact) mass is 439 g/mol. The first-order chi connectivity index (χ1) is 15.0. The Morgan fingerprint density at radius 3 is 2.71 bits per heavy atom. The lowest BCUT2D eigenvalue weighted by Gasteiger charge is -2.39. The van der Waals surface area contributed by atoms with Gasteiger partial charge in [-0.05, 0) is 41.6 Å². The van der Waals surface area contributed by atoms with E-state index in [-0.39, 0.29) is 31.1 Å². The van der Waals surface area contributed by atoms with E-state index >= 15 is 0 Å². The van der Waals surface area contributed by atoms with Gasteiger partial charge in [-0.1, -0.05) is 12.1 Å². The van der Waals surface area contributed by atoms with Crippen molar-refractivity contribution < 1.29 is 23.9 Å². The van der Waals surface area contributed by atoms with Crippen LogP contribution in [0.1, 0.15) is 10.4 Å². The van der Waals surface area contributed by atoms with Gasteiger partial charge >= 0.3 is 0 Å². The highest BCUT2D eigenvalue weighted by atomic mass is 32.2. The Labute approximate surface area is 183 Å². The summed E-state index contributed by atoms with van der Waals surface area (Å²) in [4.78, 5) is 41.8. The van der Waals surface area contributed by atoms with Gasteiger partial charge in [0.05, 0.1) is 23.5 Å². The molecule has 1 fully saturated rings. The number of rotatable bonds is 3. The molecule has 0 spiro atoms. The molecule has 5 rings (SSSR count). The lowest BCUT2D eigenvalue weighted by molar-refractivity contribution is -0.133. The molecule has 3 aliphatic rings. The smallest absolute Gasteiger partial charge is 0.256 e. The number of benzene rings is 2. The Kier molecular flexibility index (Phi) is 4.97. The predicted molar refractivity (Wildman–Crippen MR) is 116 cm³/mol. The van der Waals surface area contributed by atoms with E-state index in [9.17, 15) is 14.4 Å². The van der Waals surface area contributed by atoms with Crippen LogP contribution >= 0.6 is 11.8 Å². The average molecular weight is 439 g/mol. The van der Waals surface area contributed by atoms with Gasteiger partial charge in [0.2, 0.25) is 18.6 Å². The van der Waals surface area contributed by atoms with E-state index in [4.69, 9.17) is 9.47 Å². The van der Waals surface area contributed by atoms with Crippen LogP contribution in [-0.2, 0) is 9.59 Å². The molecule has 0 aromatic heterocycles. The molecular formula is C22H21N3O5S. The van der Waals surface area contributed by atoms with E-state index in [1.807, 2.05) is 30.5 Å². The van der Waals surface area contributed by atoms with Crippen molar-refractivity contribution in [3.05, 3.63) is 42.0 Å². The van der Waals surface area contributed by atoms with Crippen LogP contribution in [0.4, 0.5) is 5.69 Å². The quantitative estimate of drug-likeness (QED) is 0.788. The highest BCUT2D eigenvalue weighted by Crippen LogP contribution is 2.37. The number of nitrogens with one attached hydrogen (secondary N) is 1. The minimum absolute atomic E-state index is 0.0146. The molecule has 8 nitrogen and oxygen atoms in total. The Hall–Kier alpha value is -3.20. The molecule has 3 heterocycles. The zero-order valence-electron chi connectivity index (χ0n) is 16.9. The number of ether oxygens (including phenoxy) is 2. The summed E-state index contributed by atoms with van der Waals surface area (Å²) in [5.74, 6) is 1.22. The number of nitrogens with zero attached hydrogens (tertiary/aromatic N) is 2. The van der Waals surface area contributed by atoms with Crippen LogP contribution in [-0.4, -0.2) is 72.0 Å². The summed E-state index contributed by atoms with van der Waals surface area (Å²) < 4.78 is 10.8. The summed E-state index contributed by atoms with van der Waals surface area (Å²) in [6.45, 7) is 1.15. The molecule has 0 unspecified atom stereocenters. The van der Waals surface area contributed by atoms with E-state index in [0.717, 1.165) is 11.1 Å². The number of amides is 3. The lowest BCUT2D eigenvalue weighted by Crippen LogP contribution is -2.59. The van der Waals surface area contributed by atoms with Crippen LogP contribution in [0.2, 0.25) is 0 Å². The number of fused-ring (bicyclic) bond motifs is 3. The number of piperazine rings is 1.